The molecule has 1 N–H and O–H groups in total. The van der Waals surface area contributed by atoms with Gasteiger partial charge in [0, 0.05) is 12.1 Å². The van der Waals surface area contributed by atoms with Crippen molar-refractivity contribution < 1.29 is 9.53 Å². The highest BCUT2D eigenvalue weighted by Crippen LogP contribution is 2.44. The number of likely N-dealkylation sites (N-methyl/N-ethyl adjacent to an activating group) is 1. The third-order valence-corrected chi connectivity index (χ3v) is 4.06. The van der Waals surface area contributed by atoms with Crippen molar-refractivity contribution in [2.45, 2.75) is 70.1 Å². The number of likely N-dealkylation sites (tertiary alicyclic amines) is 1. The van der Waals surface area contributed by atoms with Crippen molar-refractivity contribution in [2.24, 2.45) is 0 Å². The molecule has 4 heteroatoms. The van der Waals surface area contributed by atoms with Crippen LogP contribution in [0, 0.1) is 0 Å². The Bertz CT molecular complexity index is 318. The molecule has 1 heterocycles. The molecule has 1 aliphatic carbocycles. The van der Waals surface area contributed by atoms with Crippen LogP contribution in [-0.4, -0.2) is 41.8 Å². The summed E-state index contributed by atoms with van der Waals surface area (Å²) in [4.78, 5) is 14.2. The van der Waals surface area contributed by atoms with E-state index in [0.717, 1.165) is 19.4 Å². The second kappa shape index (κ2) is 4.72. The summed E-state index contributed by atoms with van der Waals surface area (Å²) in [6.45, 7) is 6.61. The van der Waals surface area contributed by atoms with E-state index in [1.165, 1.54) is 19.3 Å². The molecule has 0 spiro atoms. The lowest BCUT2D eigenvalue weighted by molar-refractivity contribution is 0.00328. The van der Waals surface area contributed by atoms with Crippen molar-refractivity contribution in [2.75, 3.05) is 13.6 Å². The number of carbonyl (C=O) groups is 1. The number of rotatable bonds is 2. The maximum Gasteiger partial charge on any atom is 0.410 e. The Morgan fingerprint density at radius 3 is 2.50 bits per heavy atom. The highest BCUT2D eigenvalue weighted by Gasteiger charge is 2.52. The van der Waals surface area contributed by atoms with Crippen LogP contribution in [0.4, 0.5) is 4.79 Å². The molecule has 4 nitrogen and oxygen atoms in total. The summed E-state index contributed by atoms with van der Waals surface area (Å²) in [5.41, 5.74) is -0.243. The number of nitrogens with zero attached hydrogens (tertiary/aromatic N) is 1. The average molecular weight is 254 g/mol. The predicted molar refractivity (Wildman–Crippen MR) is 71.6 cm³/mol. The molecule has 1 amide bonds. The summed E-state index contributed by atoms with van der Waals surface area (Å²) in [5.74, 6) is 0. The van der Waals surface area contributed by atoms with Gasteiger partial charge in [0.1, 0.15) is 5.60 Å². The summed E-state index contributed by atoms with van der Waals surface area (Å²) in [7, 11) is 2.01. The minimum Gasteiger partial charge on any atom is -0.444 e. The lowest BCUT2D eigenvalue weighted by atomic mass is 9.94. The summed E-state index contributed by atoms with van der Waals surface area (Å²) < 4.78 is 5.53. The molecule has 2 rings (SSSR count). The van der Waals surface area contributed by atoms with E-state index in [1.807, 2.05) is 32.7 Å². The topological polar surface area (TPSA) is 41.6 Å². The van der Waals surface area contributed by atoms with Gasteiger partial charge < -0.3 is 15.0 Å². The first kappa shape index (κ1) is 13.7. The van der Waals surface area contributed by atoms with Crippen molar-refractivity contribution in [3.63, 3.8) is 0 Å². The maximum absolute atomic E-state index is 12.3. The molecule has 0 aromatic heterocycles. The summed E-state index contributed by atoms with van der Waals surface area (Å²) in [5, 5.41) is 3.42. The predicted octanol–water partition coefficient (Wildman–Crippen LogP) is 2.53. The number of piperidine rings is 1. The van der Waals surface area contributed by atoms with Gasteiger partial charge in [0.05, 0.1) is 6.04 Å². The van der Waals surface area contributed by atoms with Gasteiger partial charge in [-0.05, 0) is 59.9 Å². The molecule has 0 bridgehead atoms. The Hall–Kier alpha value is -0.770. The van der Waals surface area contributed by atoms with Crippen LogP contribution in [0.3, 0.4) is 0 Å². The molecule has 104 valence electrons. The van der Waals surface area contributed by atoms with Crippen LogP contribution in [0.15, 0.2) is 0 Å². The lowest BCUT2D eigenvalue weighted by Crippen LogP contribution is -2.56. The van der Waals surface area contributed by atoms with E-state index >= 15 is 0 Å². The molecular weight excluding hydrogens is 228 g/mol. The van der Waals surface area contributed by atoms with Crippen molar-refractivity contribution >= 4 is 6.09 Å². The molecule has 0 aromatic rings. The summed E-state index contributed by atoms with van der Waals surface area (Å²) >= 11 is 0. The zero-order valence-electron chi connectivity index (χ0n) is 12.1. The van der Waals surface area contributed by atoms with Crippen LogP contribution in [0.5, 0.6) is 0 Å². The standard InChI is InChI=1S/C14H26N2O2/c1-13(2,3)18-12(17)16-10-6-5-7-11(16)14(15-4)8-9-14/h11,15H,5-10H2,1-4H3/t11-/m1/s1. The van der Waals surface area contributed by atoms with Crippen LogP contribution in [0.2, 0.25) is 0 Å². The van der Waals surface area contributed by atoms with Crippen LogP contribution < -0.4 is 5.32 Å². The fraction of sp³-hybridized carbons (Fsp3) is 0.929. The molecule has 0 radical (unpaired) electrons. The minimum absolute atomic E-state index is 0.145. The Morgan fingerprint density at radius 2 is 2.00 bits per heavy atom. The van der Waals surface area contributed by atoms with Gasteiger partial charge in [-0.15, -0.1) is 0 Å². The smallest absolute Gasteiger partial charge is 0.410 e. The van der Waals surface area contributed by atoms with Crippen molar-refractivity contribution in [3.8, 4) is 0 Å². The molecular formula is C14H26N2O2. The van der Waals surface area contributed by atoms with Crippen LogP contribution in [0.1, 0.15) is 52.9 Å². The van der Waals surface area contributed by atoms with E-state index in [4.69, 9.17) is 4.74 Å². The number of amides is 1. The third kappa shape index (κ3) is 2.79. The summed E-state index contributed by atoms with van der Waals surface area (Å²) in [6.07, 6.45) is 5.61. The van der Waals surface area contributed by atoms with E-state index in [-0.39, 0.29) is 11.6 Å². The zero-order chi connectivity index (χ0) is 13.4. The highest BCUT2D eigenvalue weighted by atomic mass is 16.6. The fourth-order valence-electron chi connectivity index (χ4n) is 2.93. The number of ether oxygens (including phenoxy) is 1. The quantitative estimate of drug-likeness (QED) is 0.823. The van der Waals surface area contributed by atoms with E-state index in [0.29, 0.717) is 6.04 Å². The van der Waals surface area contributed by atoms with E-state index < -0.39 is 5.60 Å². The van der Waals surface area contributed by atoms with Gasteiger partial charge >= 0.3 is 6.09 Å². The maximum atomic E-state index is 12.3. The van der Waals surface area contributed by atoms with Gasteiger partial charge in [-0.2, -0.15) is 0 Å². The molecule has 1 saturated heterocycles. The van der Waals surface area contributed by atoms with Gasteiger partial charge in [0.15, 0.2) is 0 Å². The molecule has 2 fully saturated rings. The Kier molecular flexibility index (Phi) is 3.58. The summed E-state index contributed by atoms with van der Waals surface area (Å²) in [6, 6.07) is 0.311. The Balaban J connectivity index is 2.06. The van der Waals surface area contributed by atoms with Gasteiger partial charge in [-0.3, -0.25) is 0 Å². The average Bonchev–Trinajstić information content (AvgIpc) is 3.07. The van der Waals surface area contributed by atoms with Crippen molar-refractivity contribution in [1.82, 2.24) is 10.2 Å². The first-order valence-electron chi connectivity index (χ1n) is 7.06. The Labute approximate surface area is 110 Å². The fourth-order valence-corrected chi connectivity index (χ4v) is 2.93. The molecule has 1 saturated carbocycles. The van der Waals surface area contributed by atoms with Gasteiger partial charge in [0.25, 0.3) is 0 Å². The normalized spacial score (nSPS) is 26.9. The number of hydrogen-bond acceptors (Lipinski definition) is 3. The van der Waals surface area contributed by atoms with E-state index in [2.05, 4.69) is 5.32 Å². The first-order chi connectivity index (χ1) is 8.38. The first-order valence-corrected chi connectivity index (χ1v) is 7.06. The molecule has 0 unspecified atom stereocenters. The molecule has 1 atom stereocenters. The lowest BCUT2D eigenvalue weighted by Gasteiger charge is -2.41. The van der Waals surface area contributed by atoms with E-state index in [1.54, 1.807) is 0 Å². The SMILES string of the molecule is CNC1([C@H]2CCCCN2C(=O)OC(C)(C)C)CC1. The number of hydrogen-bond donors (Lipinski definition) is 1. The van der Waals surface area contributed by atoms with E-state index in [9.17, 15) is 4.79 Å². The van der Waals surface area contributed by atoms with Gasteiger partial charge in [-0.25, -0.2) is 4.79 Å². The van der Waals surface area contributed by atoms with Crippen LogP contribution in [0.25, 0.3) is 0 Å². The zero-order valence-corrected chi connectivity index (χ0v) is 12.1. The van der Waals surface area contributed by atoms with Crippen LogP contribution >= 0.6 is 0 Å². The van der Waals surface area contributed by atoms with Crippen LogP contribution in [-0.2, 0) is 4.74 Å². The van der Waals surface area contributed by atoms with Crippen molar-refractivity contribution in [3.05, 3.63) is 0 Å². The number of nitrogens with one attached hydrogen (secondary N) is 1. The molecule has 18 heavy (non-hydrogen) atoms. The largest absolute Gasteiger partial charge is 0.444 e. The number of carbonyl (C=O) groups excluding carboxylic acids is 1. The van der Waals surface area contributed by atoms with Crippen molar-refractivity contribution in [1.29, 1.82) is 0 Å². The highest BCUT2D eigenvalue weighted by molar-refractivity contribution is 5.69. The Morgan fingerprint density at radius 1 is 1.33 bits per heavy atom. The molecule has 0 aromatic carbocycles. The second-order valence-electron chi connectivity index (χ2n) is 6.59. The van der Waals surface area contributed by atoms with Gasteiger partial charge in [-0.1, -0.05) is 0 Å². The van der Waals surface area contributed by atoms with Gasteiger partial charge in [0.2, 0.25) is 0 Å². The second-order valence-corrected chi connectivity index (χ2v) is 6.59. The third-order valence-electron chi connectivity index (χ3n) is 4.06. The molecule has 2 aliphatic rings. The minimum atomic E-state index is -0.407. The molecule has 1 aliphatic heterocycles. The monoisotopic (exact) mass is 254 g/mol.